The molecule has 1 atom stereocenters. The maximum atomic E-state index is 12.5. The highest BCUT2D eigenvalue weighted by Crippen LogP contribution is 2.25. The molecule has 26 heavy (non-hydrogen) atoms. The number of aromatic amines is 1. The van der Waals surface area contributed by atoms with Gasteiger partial charge in [0.15, 0.2) is 0 Å². The molecule has 1 unspecified atom stereocenters. The average molecular weight is 357 g/mol. The number of carbonyl (C=O) groups excluding carboxylic acids is 1. The number of carbonyl (C=O) groups is 1. The lowest BCUT2D eigenvalue weighted by Crippen LogP contribution is -2.37. The van der Waals surface area contributed by atoms with Crippen molar-refractivity contribution in [1.82, 2.24) is 20.4 Å². The van der Waals surface area contributed by atoms with Crippen molar-refractivity contribution in [1.29, 1.82) is 0 Å². The van der Waals surface area contributed by atoms with E-state index < -0.39 is 10.8 Å². The summed E-state index contributed by atoms with van der Waals surface area (Å²) in [5, 5.41) is 20.3. The van der Waals surface area contributed by atoms with Gasteiger partial charge in [-0.15, -0.1) is 0 Å². The largest absolute Gasteiger partial charge is 0.348 e. The van der Waals surface area contributed by atoms with Crippen LogP contribution in [0.3, 0.4) is 0 Å². The van der Waals surface area contributed by atoms with E-state index in [2.05, 4.69) is 44.7 Å². The molecule has 1 saturated heterocycles. The van der Waals surface area contributed by atoms with Crippen molar-refractivity contribution in [2.24, 2.45) is 0 Å². The van der Waals surface area contributed by atoms with E-state index in [0.717, 1.165) is 31.5 Å². The fourth-order valence-electron chi connectivity index (χ4n) is 3.38. The molecule has 3 rings (SSSR count). The third kappa shape index (κ3) is 3.75. The second kappa shape index (κ2) is 7.65. The number of hydrogen-bond acceptors (Lipinski definition) is 5. The Balaban J connectivity index is 1.76. The van der Waals surface area contributed by atoms with Crippen molar-refractivity contribution >= 4 is 11.6 Å². The Hall–Kier alpha value is -2.74. The number of nitrogens with one attached hydrogen (secondary N) is 2. The van der Waals surface area contributed by atoms with Crippen LogP contribution in [-0.2, 0) is 0 Å². The molecule has 0 aliphatic carbocycles. The predicted molar refractivity (Wildman–Crippen MR) is 97.0 cm³/mol. The van der Waals surface area contributed by atoms with E-state index in [1.807, 2.05) is 6.92 Å². The Morgan fingerprint density at radius 3 is 2.58 bits per heavy atom. The van der Waals surface area contributed by atoms with Crippen molar-refractivity contribution in [3.05, 3.63) is 56.9 Å². The van der Waals surface area contributed by atoms with Crippen molar-refractivity contribution in [2.45, 2.75) is 32.7 Å². The summed E-state index contributed by atoms with van der Waals surface area (Å²) in [4.78, 5) is 25.4. The van der Waals surface area contributed by atoms with Gasteiger partial charge in [0.1, 0.15) is 5.69 Å². The molecule has 2 heterocycles. The minimum absolute atomic E-state index is 0.0427. The quantitative estimate of drug-likeness (QED) is 0.610. The van der Waals surface area contributed by atoms with E-state index in [4.69, 9.17) is 0 Å². The standard InChI is InChI=1S/C18H23N5O3/c1-12-5-7-14(8-6-12)15(22-9-3-4-10-22)11-19-18(24)16-17(23(25)26)13(2)20-21-16/h5-8,15H,3-4,9-11H2,1-2H3,(H,19,24)(H,20,21). The molecular formula is C18H23N5O3. The summed E-state index contributed by atoms with van der Waals surface area (Å²) in [5.74, 6) is -0.530. The van der Waals surface area contributed by atoms with Crippen molar-refractivity contribution in [2.75, 3.05) is 19.6 Å². The third-order valence-corrected chi connectivity index (χ3v) is 4.81. The molecule has 1 aliphatic heterocycles. The van der Waals surface area contributed by atoms with Crippen LogP contribution in [0.2, 0.25) is 0 Å². The minimum Gasteiger partial charge on any atom is -0.348 e. The zero-order valence-corrected chi connectivity index (χ0v) is 15.0. The molecule has 8 heteroatoms. The van der Waals surface area contributed by atoms with Gasteiger partial charge < -0.3 is 5.32 Å². The number of benzene rings is 1. The average Bonchev–Trinajstić information content (AvgIpc) is 3.26. The normalized spacial score (nSPS) is 15.8. The van der Waals surface area contributed by atoms with E-state index in [1.54, 1.807) is 0 Å². The van der Waals surface area contributed by atoms with Gasteiger partial charge in [-0.3, -0.25) is 24.9 Å². The lowest BCUT2D eigenvalue weighted by atomic mass is 10.0. The molecule has 138 valence electrons. The highest BCUT2D eigenvalue weighted by molar-refractivity contribution is 5.96. The number of amides is 1. The number of nitrogens with zero attached hydrogens (tertiary/aromatic N) is 3. The van der Waals surface area contributed by atoms with E-state index in [9.17, 15) is 14.9 Å². The van der Waals surface area contributed by atoms with Crippen LogP contribution in [0.5, 0.6) is 0 Å². The Kier molecular flexibility index (Phi) is 5.32. The maximum Gasteiger partial charge on any atom is 0.322 e. The molecule has 1 aromatic heterocycles. The zero-order chi connectivity index (χ0) is 18.7. The number of hydrogen-bond donors (Lipinski definition) is 2. The first kappa shape index (κ1) is 18.1. The summed E-state index contributed by atoms with van der Waals surface area (Å²) in [6.07, 6.45) is 2.28. The van der Waals surface area contributed by atoms with Gasteiger partial charge in [0.2, 0.25) is 5.69 Å². The van der Waals surface area contributed by atoms with Crippen molar-refractivity contribution in [3.63, 3.8) is 0 Å². The second-order valence-electron chi connectivity index (χ2n) is 6.68. The molecule has 1 fully saturated rings. The third-order valence-electron chi connectivity index (χ3n) is 4.81. The summed E-state index contributed by atoms with van der Waals surface area (Å²) in [5.41, 5.74) is 2.15. The van der Waals surface area contributed by atoms with E-state index >= 15 is 0 Å². The van der Waals surface area contributed by atoms with Gasteiger partial charge in [0, 0.05) is 6.54 Å². The van der Waals surface area contributed by atoms with Crippen LogP contribution in [0, 0.1) is 24.0 Å². The molecular weight excluding hydrogens is 334 g/mol. The lowest BCUT2D eigenvalue weighted by molar-refractivity contribution is -0.385. The van der Waals surface area contributed by atoms with Crippen LogP contribution in [0.25, 0.3) is 0 Å². The Morgan fingerprint density at radius 1 is 1.31 bits per heavy atom. The predicted octanol–water partition coefficient (Wildman–Crippen LogP) is 2.50. The van der Waals surface area contributed by atoms with Gasteiger partial charge in [0.05, 0.1) is 11.0 Å². The first-order chi connectivity index (χ1) is 12.5. The number of rotatable bonds is 6. The summed E-state index contributed by atoms with van der Waals surface area (Å²) in [6.45, 7) is 5.91. The lowest BCUT2D eigenvalue weighted by Gasteiger charge is -2.28. The highest BCUT2D eigenvalue weighted by atomic mass is 16.6. The van der Waals surface area contributed by atoms with Gasteiger partial charge in [-0.05, 0) is 45.3 Å². The minimum atomic E-state index is -0.578. The topological polar surface area (TPSA) is 104 Å². The van der Waals surface area contributed by atoms with Crippen LogP contribution >= 0.6 is 0 Å². The van der Waals surface area contributed by atoms with E-state index in [0.29, 0.717) is 6.54 Å². The molecule has 1 aliphatic rings. The number of likely N-dealkylation sites (tertiary alicyclic amines) is 1. The molecule has 1 amide bonds. The summed E-state index contributed by atoms with van der Waals surface area (Å²) >= 11 is 0. The van der Waals surface area contributed by atoms with Crippen LogP contribution in [-0.4, -0.2) is 45.6 Å². The molecule has 0 bridgehead atoms. The summed E-state index contributed by atoms with van der Waals surface area (Å²) < 4.78 is 0. The van der Waals surface area contributed by atoms with Crippen molar-refractivity contribution in [3.8, 4) is 0 Å². The van der Waals surface area contributed by atoms with Crippen LogP contribution in [0.4, 0.5) is 5.69 Å². The number of aryl methyl sites for hydroxylation is 2. The summed E-state index contributed by atoms with van der Waals surface area (Å²) in [7, 11) is 0. The number of aromatic nitrogens is 2. The molecule has 0 radical (unpaired) electrons. The Labute approximate surface area is 151 Å². The molecule has 2 aromatic rings. The maximum absolute atomic E-state index is 12.5. The van der Waals surface area contributed by atoms with Gasteiger partial charge in [-0.1, -0.05) is 29.8 Å². The zero-order valence-electron chi connectivity index (χ0n) is 15.0. The molecule has 0 spiro atoms. The van der Waals surface area contributed by atoms with E-state index in [-0.39, 0.29) is 23.1 Å². The Bertz CT molecular complexity index is 794. The monoisotopic (exact) mass is 357 g/mol. The van der Waals surface area contributed by atoms with Crippen LogP contribution in [0.1, 0.15) is 46.2 Å². The fraction of sp³-hybridized carbons (Fsp3) is 0.444. The highest BCUT2D eigenvalue weighted by Gasteiger charge is 2.29. The van der Waals surface area contributed by atoms with Gasteiger partial charge in [-0.25, -0.2) is 0 Å². The van der Waals surface area contributed by atoms with Gasteiger partial charge >= 0.3 is 5.69 Å². The Morgan fingerprint density at radius 2 is 1.96 bits per heavy atom. The fourth-order valence-corrected chi connectivity index (χ4v) is 3.38. The van der Waals surface area contributed by atoms with E-state index in [1.165, 1.54) is 12.5 Å². The van der Waals surface area contributed by atoms with Gasteiger partial charge in [-0.2, -0.15) is 5.10 Å². The SMILES string of the molecule is Cc1ccc(C(CNC(=O)c2n[nH]c(C)c2[N+](=O)[O-])N2CCCC2)cc1. The molecule has 0 saturated carbocycles. The smallest absolute Gasteiger partial charge is 0.322 e. The molecule has 1 aromatic carbocycles. The first-order valence-corrected chi connectivity index (χ1v) is 8.75. The first-order valence-electron chi connectivity index (χ1n) is 8.75. The van der Waals surface area contributed by atoms with Gasteiger partial charge in [0.25, 0.3) is 5.91 Å². The second-order valence-corrected chi connectivity index (χ2v) is 6.68. The van der Waals surface area contributed by atoms with Crippen LogP contribution in [0.15, 0.2) is 24.3 Å². The molecule has 2 N–H and O–H groups in total. The number of nitro groups is 1. The number of H-pyrrole nitrogens is 1. The van der Waals surface area contributed by atoms with Crippen LogP contribution < -0.4 is 5.32 Å². The molecule has 8 nitrogen and oxygen atoms in total. The summed E-state index contributed by atoms with van der Waals surface area (Å²) in [6, 6.07) is 8.31. The van der Waals surface area contributed by atoms with Crippen molar-refractivity contribution < 1.29 is 9.72 Å².